The molecule has 1 atom stereocenters. The van der Waals surface area contributed by atoms with Gasteiger partial charge >= 0.3 is 0 Å². The minimum absolute atomic E-state index is 0.0866. The van der Waals surface area contributed by atoms with Gasteiger partial charge < -0.3 is 18.9 Å². The Morgan fingerprint density at radius 3 is 1.62 bits per heavy atom. The first-order valence-corrected chi connectivity index (χ1v) is 7.52. The summed E-state index contributed by atoms with van der Waals surface area (Å²) in [4.78, 5) is 13.0. The lowest BCUT2D eigenvalue weighted by molar-refractivity contribution is -0.110. The Hall–Kier alpha value is -2.37. The molecule has 0 heterocycles. The van der Waals surface area contributed by atoms with Crippen molar-refractivity contribution >= 4 is 5.78 Å². The van der Waals surface area contributed by atoms with Crippen molar-refractivity contribution in [3.8, 4) is 11.5 Å². The molecular weight excluding hydrogens is 308 g/mol. The van der Waals surface area contributed by atoms with E-state index in [0.29, 0.717) is 11.3 Å². The van der Waals surface area contributed by atoms with Gasteiger partial charge in [0.2, 0.25) is 0 Å². The molecule has 0 spiro atoms. The molecule has 1 unspecified atom stereocenters. The molecule has 5 nitrogen and oxygen atoms in total. The van der Waals surface area contributed by atoms with Crippen LogP contribution in [0.2, 0.25) is 0 Å². The van der Waals surface area contributed by atoms with E-state index in [4.69, 9.17) is 18.9 Å². The second-order valence-electron chi connectivity index (χ2n) is 5.18. The molecule has 24 heavy (non-hydrogen) atoms. The Morgan fingerprint density at radius 2 is 1.21 bits per heavy atom. The first kappa shape index (κ1) is 18.0. The SMILES string of the molecule is COc1ccc(C(=O)C(c2ccc(OC)cc2)C(OC)OC)cc1. The summed E-state index contributed by atoms with van der Waals surface area (Å²) in [5, 5.41) is 0. The lowest BCUT2D eigenvalue weighted by atomic mass is 9.90. The minimum Gasteiger partial charge on any atom is -0.497 e. The molecule has 0 N–H and O–H groups in total. The third kappa shape index (κ3) is 3.93. The van der Waals surface area contributed by atoms with Crippen LogP contribution in [0.4, 0.5) is 0 Å². The third-order valence-corrected chi connectivity index (χ3v) is 3.87. The van der Waals surface area contributed by atoms with Crippen molar-refractivity contribution in [3.63, 3.8) is 0 Å². The van der Waals surface area contributed by atoms with Crippen LogP contribution in [-0.2, 0) is 9.47 Å². The fraction of sp³-hybridized carbons (Fsp3) is 0.316. The second kappa shape index (κ2) is 8.47. The number of methoxy groups -OCH3 is 4. The number of rotatable bonds is 8. The van der Waals surface area contributed by atoms with Gasteiger partial charge in [0.1, 0.15) is 11.5 Å². The topological polar surface area (TPSA) is 54.0 Å². The lowest BCUT2D eigenvalue weighted by Gasteiger charge is -2.24. The molecule has 2 aromatic carbocycles. The molecule has 0 saturated carbocycles. The van der Waals surface area contributed by atoms with Crippen LogP contribution >= 0.6 is 0 Å². The fourth-order valence-corrected chi connectivity index (χ4v) is 2.55. The Morgan fingerprint density at radius 1 is 0.750 bits per heavy atom. The molecule has 128 valence electrons. The van der Waals surface area contributed by atoms with E-state index in [0.717, 1.165) is 11.3 Å². The Kier molecular flexibility index (Phi) is 6.35. The van der Waals surface area contributed by atoms with Crippen molar-refractivity contribution in [3.05, 3.63) is 59.7 Å². The number of benzene rings is 2. The number of ether oxygens (including phenoxy) is 4. The van der Waals surface area contributed by atoms with E-state index in [1.165, 1.54) is 14.2 Å². The Bertz CT molecular complexity index is 644. The van der Waals surface area contributed by atoms with Crippen LogP contribution in [0, 0.1) is 0 Å². The van der Waals surface area contributed by atoms with E-state index in [-0.39, 0.29) is 5.78 Å². The van der Waals surface area contributed by atoms with Crippen LogP contribution in [0.3, 0.4) is 0 Å². The number of ketones is 1. The van der Waals surface area contributed by atoms with Gasteiger partial charge in [-0.25, -0.2) is 0 Å². The first-order valence-electron chi connectivity index (χ1n) is 7.52. The zero-order chi connectivity index (χ0) is 17.5. The van der Waals surface area contributed by atoms with Gasteiger partial charge in [-0.05, 0) is 42.0 Å². The predicted molar refractivity (Wildman–Crippen MR) is 90.9 cm³/mol. The van der Waals surface area contributed by atoms with Crippen LogP contribution in [0.1, 0.15) is 21.8 Å². The molecule has 0 aliphatic heterocycles. The van der Waals surface area contributed by atoms with Crippen LogP contribution in [0.25, 0.3) is 0 Å². The lowest BCUT2D eigenvalue weighted by Crippen LogP contribution is -2.29. The van der Waals surface area contributed by atoms with Gasteiger partial charge in [-0.15, -0.1) is 0 Å². The highest BCUT2D eigenvalue weighted by Crippen LogP contribution is 2.29. The predicted octanol–water partition coefficient (Wildman–Crippen LogP) is 3.29. The van der Waals surface area contributed by atoms with Gasteiger partial charge in [0.25, 0.3) is 0 Å². The van der Waals surface area contributed by atoms with Gasteiger partial charge in [0.05, 0.1) is 20.1 Å². The second-order valence-corrected chi connectivity index (χ2v) is 5.18. The summed E-state index contributed by atoms with van der Waals surface area (Å²) in [6.07, 6.45) is -0.687. The smallest absolute Gasteiger partial charge is 0.175 e. The summed E-state index contributed by atoms with van der Waals surface area (Å²) in [6.45, 7) is 0. The summed E-state index contributed by atoms with van der Waals surface area (Å²) in [7, 11) is 6.23. The highest BCUT2D eigenvalue weighted by atomic mass is 16.7. The summed E-state index contributed by atoms with van der Waals surface area (Å²) in [5.41, 5.74) is 1.36. The molecular formula is C19H22O5. The van der Waals surface area contributed by atoms with Crippen molar-refractivity contribution in [1.29, 1.82) is 0 Å². The van der Waals surface area contributed by atoms with E-state index in [2.05, 4.69) is 0 Å². The van der Waals surface area contributed by atoms with Gasteiger partial charge in [0.15, 0.2) is 12.1 Å². The molecule has 0 bridgehead atoms. The number of hydrogen-bond donors (Lipinski definition) is 0. The minimum atomic E-state index is -0.687. The van der Waals surface area contributed by atoms with Gasteiger partial charge in [0, 0.05) is 19.8 Å². The molecule has 0 fully saturated rings. The van der Waals surface area contributed by atoms with Crippen LogP contribution in [-0.4, -0.2) is 40.5 Å². The number of carbonyl (C=O) groups is 1. The summed E-state index contributed by atoms with van der Waals surface area (Å²) < 4.78 is 21.0. The summed E-state index contributed by atoms with van der Waals surface area (Å²) in [6, 6.07) is 14.3. The largest absolute Gasteiger partial charge is 0.497 e. The quantitative estimate of drug-likeness (QED) is 0.549. The maximum absolute atomic E-state index is 13.0. The van der Waals surface area contributed by atoms with E-state index in [1.807, 2.05) is 24.3 Å². The molecule has 5 heteroatoms. The zero-order valence-electron chi connectivity index (χ0n) is 14.3. The monoisotopic (exact) mass is 330 g/mol. The Labute approximate surface area is 142 Å². The maximum atomic E-state index is 13.0. The van der Waals surface area contributed by atoms with Gasteiger partial charge in [-0.2, -0.15) is 0 Å². The number of Topliss-reactive ketones (excluding diaryl/α,β-unsaturated/α-hetero) is 1. The van der Waals surface area contributed by atoms with Crippen LogP contribution in [0.5, 0.6) is 11.5 Å². The molecule has 0 aromatic heterocycles. The Balaban J connectivity index is 2.38. The van der Waals surface area contributed by atoms with Gasteiger partial charge in [-0.1, -0.05) is 12.1 Å². The highest BCUT2D eigenvalue weighted by Gasteiger charge is 2.31. The fourth-order valence-electron chi connectivity index (χ4n) is 2.55. The summed E-state index contributed by atoms with van der Waals surface area (Å²) >= 11 is 0. The molecule has 0 aliphatic rings. The van der Waals surface area contributed by atoms with Gasteiger partial charge in [-0.3, -0.25) is 4.79 Å². The van der Waals surface area contributed by atoms with Crippen molar-refractivity contribution in [2.75, 3.05) is 28.4 Å². The standard InChI is InChI=1S/C19H22O5/c1-21-15-9-5-13(6-10-15)17(19(23-3)24-4)18(20)14-7-11-16(22-2)12-8-14/h5-12,17,19H,1-4H3. The van der Waals surface area contributed by atoms with Crippen molar-refractivity contribution < 1.29 is 23.7 Å². The highest BCUT2D eigenvalue weighted by molar-refractivity contribution is 6.01. The van der Waals surface area contributed by atoms with Crippen LogP contribution in [0.15, 0.2) is 48.5 Å². The summed E-state index contributed by atoms with van der Waals surface area (Å²) in [5.74, 6) is 0.749. The van der Waals surface area contributed by atoms with Crippen molar-refractivity contribution in [1.82, 2.24) is 0 Å². The van der Waals surface area contributed by atoms with Crippen LogP contribution < -0.4 is 9.47 Å². The normalized spacial score (nSPS) is 12.0. The maximum Gasteiger partial charge on any atom is 0.175 e. The van der Waals surface area contributed by atoms with E-state index in [9.17, 15) is 4.79 Å². The van der Waals surface area contributed by atoms with Crippen molar-refractivity contribution in [2.45, 2.75) is 12.2 Å². The third-order valence-electron chi connectivity index (χ3n) is 3.87. The number of carbonyl (C=O) groups excluding carboxylic acids is 1. The van der Waals surface area contributed by atoms with E-state index < -0.39 is 12.2 Å². The zero-order valence-corrected chi connectivity index (χ0v) is 14.3. The molecule has 0 amide bonds. The van der Waals surface area contributed by atoms with Crippen molar-refractivity contribution in [2.24, 2.45) is 0 Å². The average molecular weight is 330 g/mol. The average Bonchev–Trinajstić information content (AvgIpc) is 2.65. The molecule has 0 radical (unpaired) electrons. The van der Waals surface area contributed by atoms with E-state index >= 15 is 0 Å². The first-order chi connectivity index (χ1) is 11.6. The molecule has 0 aliphatic carbocycles. The number of hydrogen-bond acceptors (Lipinski definition) is 5. The molecule has 0 saturated heterocycles. The molecule has 2 aromatic rings. The molecule has 2 rings (SSSR count). The van der Waals surface area contributed by atoms with E-state index in [1.54, 1.807) is 38.5 Å².